The van der Waals surface area contributed by atoms with Gasteiger partial charge in [0.25, 0.3) is 0 Å². The van der Waals surface area contributed by atoms with Gasteiger partial charge >= 0.3 is 17.9 Å². The van der Waals surface area contributed by atoms with Gasteiger partial charge in [0.15, 0.2) is 0 Å². The number of anilines is 1. The lowest BCUT2D eigenvalue weighted by molar-refractivity contribution is -0.389. The van der Waals surface area contributed by atoms with E-state index < -0.39 is 10.5 Å². The molecule has 2 aromatic rings. The first-order valence-corrected chi connectivity index (χ1v) is 9.16. The molecule has 1 unspecified atom stereocenters. The summed E-state index contributed by atoms with van der Waals surface area (Å²) >= 11 is 0. The lowest BCUT2D eigenvalue weighted by Crippen LogP contribution is -2.54. The summed E-state index contributed by atoms with van der Waals surface area (Å²) in [6, 6.07) is 9.59. The maximum atomic E-state index is 12.4. The minimum atomic E-state index is -0.522. The fourth-order valence-corrected chi connectivity index (χ4v) is 3.67. The average Bonchev–Trinajstić information content (AvgIpc) is 3.18. The zero-order chi connectivity index (χ0) is 19.7. The van der Waals surface area contributed by atoms with E-state index in [9.17, 15) is 14.9 Å². The van der Waals surface area contributed by atoms with Gasteiger partial charge in [0.1, 0.15) is 11.8 Å². The Balaban J connectivity index is 0.00000240. The molecule has 3 heterocycles. The van der Waals surface area contributed by atoms with Crippen molar-refractivity contribution in [2.45, 2.75) is 19.1 Å². The molecule has 1 fully saturated rings. The van der Waals surface area contributed by atoms with Crippen molar-refractivity contribution in [3.05, 3.63) is 46.6 Å². The number of hydrogen-bond donors (Lipinski definition) is 1. The number of urea groups is 1. The van der Waals surface area contributed by atoms with Crippen LogP contribution < -0.4 is 10.1 Å². The summed E-state index contributed by atoms with van der Waals surface area (Å²) in [6.45, 7) is 5.89. The molecule has 0 aliphatic carbocycles. The van der Waals surface area contributed by atoms with Crippen molar-refractivity contribution >= 4 is 29.9 Å². The number of nitrogens with zero attached hydrogens (tertiary/aromatic N) is 5. The number of ether oxygens (including phenoxy) is 1. The van der Waals surface area contributed by atoms with Crippen molar-refractivity contribution in [1.29, 1.82) is 0 Å². The van der Waals surface area contributed by atoms with E-state index in [1.54, 1.807) is 9.47 Å². The van der Waals surface area contributed by atoms with Crippen LogP contribution in [0.3, 0.4) is 0 Å². The summed E-state index contributed by atoms with van der Waals surface area (Å²) in [5, 5.41) is 13.7. The molecule has 2 aliphatic rings. The lowest BCUT2D eigenvalue weighted by Gasteiger charge is -2.37. The summed E-state index contributed by atoms with van der Waals surface area (Å²) in [5.41, 5.74) is 0.289. The Kier molecular flexibility index (Phi) is 5.94. The van der Waals surface area contributed by atoms with Crippen LogP contribution in [0.4, 0.5) is 16.3 Å². The summed E-state index contributed by atoms with van der Waals surface area (Å²) in [7, 11) is 0. The highest BCUT2D eigenvalue weighted by molar-refractivity contribution is 5.89. The van der Waals surface area contributed by atoms with Crippen LogP contribution in [0.25, 0.3) is 0 Å². The number of carbonyl (C=O) groups is 1. The number of rotatable bonds is 4. The first kappa shape index (κ1) is 20.9. The maximum Gasteiger partial charge on any atom is 0.415 e. The third kappa shape index (κ3) is 4.60. The smallest absolute Gasteiger partial charge is 0.415 e. The lowest BCUT2D eigenvalue weighted by atomic mass is 10.1. The Bertz CT molecular complexity index is 858. The molecule has 1 atom stereocenters. The molecule has 0 bridgehead atoms. The van der Waals surface area contributed by atoms with Gasteiger partial charge in [0.05, 0.1) is 6.54 Å². The first-order chi connectivity index (χ1) is 13.4. The minimum absolute atomic E-state index is 0. The molecule has 2 amide bonds. The van der Waals surface area contributed by atoms with Gasteiger partial charge in [-0.05, 0) is 24.0 Å². The van der Waals surface area contributed by atoms with Crippen molar-refractivity contribution in [3.63, 3.8) is 0 Å². The number of piperazine rings is 1. The van der Waals surface area contributed by atoms with Gasteiger partial charge in [0, 0.05) is 43.4 Å². The van der Waals surface area contributed by atoms with Crippen molar-refractivity contribution < 1.29 is 14.5 Å². The third-order valence-electron chi connectivity index (χ3n) is 5.00. The number of fused-ring (bicyclic) bond motifs is 1. The molecule has 1 saturated heterocycles. The number of carbonyl (C=O) groups excluding carboxylic acids is 1. The number of halogens is 1. The number of aromatic nitrogens is 2. The standard InChI is InChI=1S/C18H22N6O4.ClH/c1-18(13-23-11-15(24(26)27)20-17(23)28-18)12-21-7-9-22(10-8-21)16(25)19-14-5-3-2-4-6-14;/h2-6,11H,7-10,12-13H2,1H3,(H,19,25);1H. The molecule has 0 spiro atoms. The summed E-state index contributed by atoms with van der Waals surface area (Å²) < 4.78 is 7.58. The molecule has 1 aromatic heterocycles. The van der Waals surface area contributed by atoms with Gasteiger partial charge in [-0.25, -0.2) is 4.79 Å². The molecular formula is C18H23ClN6O4. The Morgan fingerprint density at radius 1 is 1.28 bits per heavy atom. The van der Waals surface area contributed by atoms with E-state index in [4.69, 9.17) is 4.74 Å². The average molecular weight is 423 g/mol. The molecule has 156 valence electrons. The van der Waals surface area contributed by atoms with Crippen LogP contribution in [0, 0.1) is 10.1 Å². The highest BCUT2D eigenvalue weighted by Gasteiger charge is 2.41. The van der Waals surface area contributed by atoms with Crippen molar-refractivity contribution in [3.8, 4) is 6.01 Å². The maximum absolute atomic E-state index is 12.4. The van der Waals surface area contributed by atoms with E-state index in [1.165, 1.54) is 6.20 Å². The van der Waals surface area contributed by atoms with Gasteiger partial charge in [-0.1, -0.05) is 18.2 Å². The van der Waals surface area contributed by atoms with Gasteiger partial charge in [0.2, 0.25) is 0 Å². The zero-order valence-corrected chi connectivity index (χ0v) is 16.8. The second kappa shape index (κ2) is 8.26. The Labute approximate surface area is 174 Å². The Morgan fingerprint density at radius 3 is 2.59 bits per heavy atom. The largest absolute Gasteiger partial charge is 0.436 e. The Hall–Kier alpha value is -2.85. The molecule has 10 nitrogen and oxygen atoms in total. The number of amides is 2. The summed E-state index contributed by atoms with van der Waals surface area (Å²) in [4.78, 5) is 30.6. The van der Waals surface area contributed by atoms with E-state index >= 15 is 0 Å². The highest BCUT2D eigenvalue weighted by atomic mass is 35.5. The number of nitrogens with one attached hydrogen (secondary N) is 1. The van der Waals surface area contributed by atoms with Crippen LogP contribution in [-0.4, -0.2) is 68.6 Å². The van der Waals surface area contributed by atoms with Crippen molar-refractivity contribution in [2.75, 3.05) is 38.0 Å². The minimum Gasteiger partial charge on any atom is -0.436 e. The van der Waals surface area contributed by atoms with Crippen LogP contribution in [0.1, 0.15) is 6.92 Å². The van der Waals surface area contributed by atoms with Crippen LogP contribution >= 0.6 is 12.4 Å². The molecule has 0 saturated carbocycles. The van der Waals surface area contributed by atoms with Crippen molar-refractivity contribution in [1.82, 2.24) is 19.4 Å². The molecular weight excluding hydrogens is 400 g/mol. The number of para-hydroxylation sites is 1. The fraction of sp³-hybridized carbons (Fsp3) is 0.444. The predicted octanol–water partition coefficient (Wildman–Crippen LogP) is 2.21. The number of hydrogen-bond acceptors (Lipinski definition) is 6. The number of nitro groups is 1. The van der Waals surface area contributed by atoms with E-state index in [2.05, 4.69) is 15.2 Å². The highest BCUT2D eigenvalue weighted by Crippen LogP contribution is 2.31. The summed E-state index contributed by atoms with van der Waals surface area (Å²) in [6.07, 6.45) is 1.41. The quantitative estimate of drug-likeness (QED) is 0.598. The SMILES string of the molecule is CC1(CN2CCN(C(=O)Nc3ccccc3)CC2)Cn2cc([N+](=O)[O-])nc2O1.Cl. The van der Waals surface area contributed by atoms with E-state index in [-0.39, 0.29) is 30.3 Å². The normalized spacial score (nSPS) is 21.1. The fourth-order valence-electron chi connectivity index (χ4n) is 3.67. The van der Waals surface area contributed by atoms with Gasteiger partial charge in [-0.3, -0.25) is 9.47 Å². The molecule has 2 aliphatic heterocycles. The van der Waals surface area contributed by atoms with E-state index in [1.807, 2.05) is 37.3 Å². The van der Waals surface area contributed by atoms with E-state index in [0.717, 1.165) is 18.8 Å². The molecule has 1 aromatic carbocycles. The van der Waals surface area contributed by atoms with E-state index in [0.29, 0.717) is 26.2 Å². The van der Waals surface area contributed by atoms with Gasteiger partial charge in [-0.2, -0.15) is 0 Å². The third-order valence-corrected chi connectivity index (χ3v) is 5.00. The van der Waals surface area contributed by atoms with Gasteiger partial charge in [-0.15, -0.1) is 12.4 Å². The van der Waals surface area contributed by atoms with Crippen LogP contribution in [0.5, 0.6) is 6.01 Å². The molecule has 0 radical (unpaired) electrons. The molecule has 11 heteroatoms. The van der Waals surface area contributed by atoms with Gasteiger partial charge < -0.3 is 25.1 Å². The summed E-state index contributed by atoms with van der Waals surface area (Å²) in [5.74, 6) is -0.199. The van der Waals surface area contributed by atoms with Crippen LogP contribution in [-0.2, 0) is 6.54 Å². The van der Waals surface area contributed by atoms with Crippen molar-refractivity contribution in [2.24, 2.45) is 0 Å². The number of imidazole rings is 1. The Morgan fingerprint density at radius 2 is 1.97 bits per heavy atom. The molecule has 29 heavy (non-hydrogen) atoms. The first-order valence-electron chi connectivity index (χ1n) is 9.16. The monoisotopic (exact) mass is 422 g/mol. The predicted molar refractivity (Wildman–Crippen MR) is 109 cm³/mol. The second-order valence-corrected chi connectivity index (χ2v) is 7.38. The zero-order valence-electron chi connectivity index (χ0n) is 16.0. The topological polar surface area (TPSA) is 106 Å². The van der Waals surface area contributed by atoms with Crippen LogP contribution in [0.15, 0.2) is 36.5 Å². The van der Waals surface area contributed by atoms with Crippen LogP contribution in [0.2, 0.25) is 0 Å². The molecule has 1 N–H and O–H groups in total. The number of benzene rings is 1. The molecule has 4 rings (SSSR count). The second-order valence-electron chi connectivity index (χ2n) is 7.38.